The molecule has 0 radical (unpaired) electrons. The first-order valence-electron chi connectivity index (χ1n) is 5.82. The van der Waals surface area contributed by atoms with Crippen LogP contribution in [0.15, 0.2) is 0 Å². The monoisotopic (exact) mass is 276 g/mol. The van der Waals surface area contributed by atoms with Gasteiger partial charge in [0.05, 0.1) is 5.41 Å². The number of esters is 3. The maximum atomic E-state index is 10.9. The molecule has 0 atom stereocenters. The lowest BCUT2D eigenvalue weighted by Crippen LogP contribution is -2.39. The molecule has 0 aliphatic heterocycles. The van der Waals surface area contributed by atoms with E-state index in [1.165, 1.54) is 20.8 Å². The quantitative estimate of drug-likeness (QED) is 0.493. The Labute approximate surface area is 111 Å². The fourth-order valence-electron chi connectivity index (χ4n) is 1.34. The molecule has 0 saturated heterocycles. The molecule has 110 valence electrons. The standard InChI is InChI=1S/C12H20O7/c1-9(14)17-6-12(4-5-13,7-18-10(2)15)8-19-11(3)16/h13H,4-8H2,1-3H3. The van der Waals surface area contributed by atoms with Crippen LogP contribution in [0.25, 0.3) is 0 Å². The second kappa shape index (κ2) is 8.47. The summed E-state index contributed by atoms with van der Waals surface area (Å²) in [7, 11) is 0. The normalized spacial score (nSPS) is 10.7. The van der Waals surface area contributed by atoms with Crippen molar-refractivity contribution >= 4 is 17.9 Å². The van der Waals surface area contributed by atoms with Crippen molar-refractivity contribution in [3.05, 3.63) is 0 Å². The number of aliphatic hydroxyl groups excluding tert-OH is 1. The molecule has 7 heteroatoms. The molecule has 1 N–H and O–H groups in total. The van der Waals surface area contributed by atoms with Crippen molar-refractivity contribution in [2.75, 3.05) is 26.4 Å². The first kappa shape index (κ1) is 17.4. The Morgan fingerprint density at radius 2 is 1.16 bits per heavy atom. The number of aliphatic hydroxyl groups is 1. The highest BCUT2D eigenvalue weighted by atomic mass is 16.6. The van der Waals surface area contributed by atoms with Crippen LogP contribution >= 0.6 is 0 Å². The van der Waals surface area contributed by atoms with E-state index in [0.717, 1.165) is 0 Å². The SMILES string of the molecule is CC(=O)OCC(CCO)(COC(C)=O)COC(C)=O. The van der Waals surface area contributed by atoms with Gasteiger partial charge < -0.3 is 19.3 Å². The van der Waals surface area contributed by atoms with Gasteiger partial charge in [-0.05, 0) is 6.42 Å². The molecule has 19 heavy (non-hydrogen) atoms. The van der Waals surface area contributed by atoms with E-state index in [4.69, 9.17) is 19.3 Å². The molecule has 0 heterocycles. The third kappa shape index (κ3) is 8.15. The largest absolute Gasteiger partial charge is 0.465 e. The van der Waals surface area contributed by atoms with Crippen molar-refractivity contribution in [1.82, 2.24) is 0 Å². The zero-order chi connectivity index (χ0) is 14.9. The van der Waals surface area contributed by atoms with Gasteiger partial charge in [-0.2, -0.15) is 0 Å². The molecular formula is C12H20O7. The van der Waals surface area contributed by atoms with Crippen LogP contribution in [0, 0.1) is 5.41 Å². The molecule has 0 aromatic carbocycles. The lowest BCUT2D eigenvalue weighted by molar-refractivity contribution is -0.160. The molecule has 0 aromatic rings. The van der Waals surface area contributed by atoms with Crippen LogP contribution < -0.4 is 0 Å². The number of rotatable bonds is 8. The topological polar surface area (TPSA) is 99.1 Å². The summed E-state index contributed by atoms with van der Waals surface area (Å²) in [5, 5.41) is 9.08. The van der Waals surface area contributed by atoms with Crippen LogP contribution in [0.4, 0.5) is 0 Å². The molecule has 0 unspecified atom stereocenters. The van der Waals surface area contributed by atoms with Gasteiger partial charge in [0.2, 0.25) is 0 Å². The first-order chi connectivity index (χ1) is 8.81. The summed E-state index contributed by atoms with van der Waals surface area (Å²) in [6, 6.07) is 0. The van der Waals surface area contributed by atoms with Gasteiger partial charge in [0, 0.05) is 27.4 Å². The zero-order valence-corrected chi connectivity index (χ0v) is 11.4. The molecule has 7 nitrogen and oxygen atoms in total. The summed E-state index contributed by atoms with van der Waals surface area (Å²) in [6.07, 6.45) is 0.167. The third-order valence-corrected chi connectivity index (χ3v) is 2.39. The Morgan fingerprint density at radius 1 is 0.842 bits per heavy atom. The lowest BCUT2D eigenvalue weighted by atomic mass is 9.87. The van der Waals surface area contributed by atoms with Gasteiger partial charge >= 0.3 is 17.9 Å². The zero-order valence-electron chi connectivity index (χ0n) is 11.4. The van der Waals surface area contributed by atoms with E-state index in [1.807, 2.05) is 0 Å². The van der Waals surface area contributed by atoms with Gasteiger partial charge in [0.25, 0.3) is 0 Å². The summed E-state index contributed by atoms with van der Waals surface area (Å²) < 4.78 is 14.7. The molecular weight excluding hydrogens is 256 g/mol. The highest BCUT2D eigenvalue weighted by Crippen LogP contribution is 2.24. The van der Waals surface area contributed by atoms with E-state index in [2.05, 4.69) is 0 Å². The molecule has 0 saturated carbocycles. The Morgan fingerprint density at radius 3 is 1.37 bits per heavy atom. The highest BCUT2D eigenvalue weighted by molar-refractivity contribution is 5.67. The van der Waals surface area contributed by atoms with Crippen LogP contribution in [0.2, 0.25) is 0 Å². The van der Waals surface area contributed by atoms with Gasteiger partial charge in [-0.15, -0.1) is 0 Å². The van der Waals surface area contributed by atoms with Crippen LogP contribution in [0.3, 0.4) is 0 Å². The summed E-state index contributed by atoms with van der Waals surface area (Å²) in [4.78, 5) is 32.6. The Hall–Kier alpha value is -1.63. The summed E-state index contributed by atoms with van der Waals surface area (Å²) in [5.41, 5.74) is -0.933. The maximum Gasteiger partial charge on any atom is 0.302 e. The number of hydrogen-bond acceptors (Lipinski definition) is 7. The second-order valence-electron chi connectivity index (χ2n) is 4.31. The van der Waals surface area contributed by atoms with E-state index in [1.54, 1.807) is 0 Å². The van der Waals surface area contributed by atoms with E-state index in [9.17, 15) is 14.4 Å². The van der Waals surface area contributed by atoms with Crippen molar-refractivity contribution in [3.63, 3.8) is 0 Å². The van der Waals surface area contributed by atoms with Crippen LogP contribution in [0.5, 0.6) is 0 Å². The van der Waals surface area contributed by atoms with Crippen LogP contribution in [0.1, 0.15) is 27.2 Å². The van der Waals surface area contributed by atoms with E-state index in [0.29, 0.717) is 0 Å². The molecule has 0 bridgehead atoms. The fourth-order valence-corrected chi connectivity index (χ4v) is 1.34. The number of carbonyl (C=O) groups excluding carboxylic acids is 3. The smallest absolute Gasteiger partial charge is 0.302 e. The van der Waals surface area contributed by atoms with Gasteiger partial charge in [0.1, 0.15) is 19.8 Å². The number of carbonyl (C=O) groups is 3. The minimum absolute atomic E-state index is 0.108. The average Bonchev–Trinajstić information content (AvgIpc) is 2.31. The van der Waals surface area contributed by atoms with Crippen LogP contribution in [-0.4, -0.2) is 49.4 Å². The Bertz CT molecular complexity index is 278. The van der Waals surface area contributed by atoms with Crippen molar-refractivity contribution in [2.24, 2.45) is 5.41 Å². The van der Waals surface area contributed by atoms with Gasteiger partial charge in [-0.25, -0.2) is 0 Å². The molecule has 0 aliphatic carbocycles. The Balaban J connectivity index is 4.79. The first-order valence-corrected chi connectivity index (χ1v) is 5.82. The predicted octanol–water partition coefficient (Wildman–Crippen LogP) is 0.0445. The average molecular weight is 276 g/mol. The van der Waals surface area contributed by atoms with Gasteiger partial charge in [0.15, 0.2) is 0 Å². The van der Waals surface area contributed by atoms with Crippen molar-refractivity contribution in [3.8, 4) is 0 Å². The molecule has 0 fully saturated rings. The molecule has 0 aromatic heterocycles. The second-order valence-corrected chi connectivity index (χ2v) is 4.31. The van der Waals surface area contributed by atoms with E-state index in [-0.39, 0.29) is 32.8 Å². The number of ether oxygens (including phenoxy) is 3. The van der Waals surface area contributed by atoms with Crippen LogP contribution in [-0.2, 0) is 28.6 Å². The lowest BCUT2D eigenvalue weighted by Gasteiger charge is -2.31. The molecule has 0 rings (SSSR count). The van der Waals surface area contributed by atoms with Crippen molar-refractivity contribution in [2.45, 2.75) is 27.2 Å². The molecule has 0 aliphatic rings. The van der Waals surface area contributed by atoms with Crippen molar-refractivity contribution in [1.29, 1.82) is 0 Å². The summed E-state index contributed by atoms with van der Waals surface area (Å²) >= 11 is 0. The minimum atomic E-state index is -0.933. The third-order valence-electron chi connectivity index (χ3n) is 2.39. The fraction of sp³-hybridized carbons (Fsp3) is 0.750. The number of hydrogen-bond donors (Lipinski definition) is 1. The van der Waals surface area contributed by atoms with Crippen molar-refractivity contribution < 1.29 is 33.7 Å². The van der Waals surface area contributed by atoms with Gasteiger partial charge in [-0.3, -0.25) is 14.4 Å². The highest BCUT2D eigenvalue weighted by Gasteiger charge is 2.34. The molecule has 0 spiro atoms. The predicted molar refractivity (Wildman–Crippen MR) is 64.0 cm³/mol. The van der Waals surface area contributed by atoms with E-state index >= 15 is 0 Å². The minimum Gasteiger partial charge on any atom is -0.465 e. The van der Waals surface area contributed by atoms with Gasteiger partial charge in [-0.1, -0.05) is 0 Å². The summed E-state index contributed by atoms with van der Waals surface area (Å²) in [5.74, 6) is -1.52. The Kier molecular flexibility index (Phi) is 7.74. The molecule has 0 amide bonds. The van der Waals surface area contributed by atoms with E-state index < -0.39 is 23.3 Å². The maximum absolute atomic E-state index is 10.9. The summed E-state index contributed by atoms with van der Waals surface area (Å²) in [6.45, 7) is 3.17.